The van der Waals surface area contributed by atoms with Gasteiger partial charge in [-0.3, -0.25) is 0 Å². The molecule has 0 spiro atoms. The summed E-state index contributed by atoms with van der Waals surface area (Å²) in [5.41, 5.74) is 5.55. The first-order valence-electron chi connectivity index (χ1n) is 4.36. The van der Waals surface area contributed by atoms with E-state index < -0.39 is 0 Å². The average molecular weight is 188 g/mol. The van der Waals surface area contributed by atoms with E-state index in [0.717, 1.165) is 32.5 Å². The van der Waals surface area contributed by atoms with Crippen LogP contribution in [-0.2, 0) is 0 Å². The van der Waals surface area contributed by atoms with E-state index in [1.807, 2.05) is 0 Å². The van der Waals surface area contributed by atoms with Crippen molar-refractivity contribution in [2.24, 2.45) is 11.7 Å². The summed E-state index contributed by atoms with van der Waals surface area (Å²) in [6.45, 7) is 3.06. The molecule has 3 N–H and O–H groups in total. The molecule has 1 aliphatic heterocycles. The molecule has 0 aliphatic carbocycles. The fraction of sp³-hybridized carbons (Fsp3) is 0.875. The maximum Gasteiger partial charge on any atom is 0.0759 e. The van der Waals surface area contributed by atoms with Gasteiger partial charge in [0.1, 0.15) is 0 Å². The molecule has 0 unspecified atom stereocenters. The van der Waals surface area contributed by atoms with E-state index in [2.05, 4.69) is 4.90 Å². The normalized spacial score (nSPS) is 21.1. The molecule has 0 aromatic rings. The van der Waals surface area contributed by atoms with Crippen LogP contribution in [-0.4, -0.2) is 41.2 Å². The van der Waals surface area contributed by atoms with Gasteiger partial charge in [0.2, 0.25) is 0 Å². The Bertz CT molecular complexity index is 155. The fourth-order valence-corrected chi connectivity index (χ4v) is 1.82. The molecule has 1 heterocycles. The molecule has 3 nitrogen and oxygen atoms in total. The van der Waals surface area contributed by atoms with Crippen LogP contribution in [0.25, 0.3) is 0 Å². The molecule has 0 amide bonds. The second kappa shape index (κ2) is 4.74. The van der Waals surface area contributed by atoms with Gasteiger partial charge in [0.25, 0.3) is 0 Å². The van der Waals surface area contributed by atoms with Crippen molar-refractivity contribution >= 4 is 17.2 Å². The Morgan fingerprint density at radius 1 is 1.50 bits per heavy atom. The standard InChI is InChI=1S/C8H16N2OS/c9-8(12)7-1-3-10(4-2-7)5-6-11/h7,11H,1-6H2,(H2,9,12). The van der Waals surface area contributed by atoms with Crippen molar-refractivity contribution < 1.29 is 5.11 Å². The highest BCUT2D eigenvalue weighted by Crippen LogP contribution is 2.16. The Labute approximate surface area is 78.5 Å². The lowest BCUT2D eigenvalue weighted by Gasteiger charge is -2.30. The predicted molar refractivity (Wildman–Crippen MR) is 53.0 cm³/mol. The number of β-amino-alcohol motifs (C(OH)–C–C–N with tert-alkyl or cyclic N) is 1. The second-order valence-electron chi connectivity index (χ2n) is 3.24. The fourth-order valence-electron chi connectivity index (χ4n) is 1.58. The number of piperidine rings is 1. The molecule has 12 heavy (non-hydrogen) atoms. The zero-order valence-corrected chi connectivity index (χ0v) is 8.02. The van der Waals surface area contributed by atoms with Crippen LogP contribution in [0.15, 0.2) is 0 Å². The van der Waals surface area contributed by atoms with Crippen molar-refractivity contribution in [1.29, 1.82) is 0 Å². The van der Waals surface area contributed by atoms with Gasteiger partial charge in [-0.25, -0.2) is 0 Å². The zero-order chi connectivity index (χ0) is 8.97. The molecule has 1 saturated heterocycles. The highest BCUT2D eigenvalue weighted by atomic mass is 32.1. The van der Waals surface area contributed by atoms with Gasteiger partial charge in [0.05, 0.1) is 11.6 Å². The molecule has 0 radical (unpaired) electrons. The quantitative estimate of drug-likeness (QED) is 0.611. The smallest absolute Gasteiger partial charge is 0.0759 e. The molecule has 0 atom stereocenters. The lowest BCUT2D eigenvalue weighted by atomic mass is 9.97. The first-order chi connectivity index (χ1) is 5.74. The molecule has 0 saturated carbocycles. The van der Waals surface area contributed by atoms with Crippen LogP contribution in [0.2, 0.25) is 0 Å². The molecule has 1 fully saturated rings. The molecule has 1 rings (SSSR count). The lowest BCUT2D eigenvalue weighted by Crippen LogP contribution is -2.39. The van der Waals surface area contributed by atoms with Gasteiger partial charge in [-0.05, 0) is 25.9 Å². The largest absolute Gasteiger partial charge is 0.395 e. The van der Waals surface area contributed by atoms with Crippen LogP contribution in [0, 0.1) is 5.92 Å². The third-order valence-corrected chi connectivity index (χ3v) is 2.74. The minimum absolute atomic E-state index is 0.248. The van der Waals surface area contributed by atoms with Gasteiger partial charge >= 0.3 is 0 Å². The summed E-state index contributed by atoms with van der Waals surface area (Å²) in [4.78, 5) is 2.90. The van der Waals surface area contributed by atoms with E-state index in [0.29, 0.717) is 10.9 Å². The van der Waals surface area contributed by atoms with E-state index in [-0.39, 0.29) is 6.61 Å². The Morgan fingerprint density at radius 3 is 2.50 bits per heavy atom. The molecule has 70 valence electrons. The van der Waals surface area contributed by atoms with Crippen LogP contribution in [0.1, 0.15) is 12.8 Å². The Kier molecular flexibility index (Phi) is 3.91. The van der Waals surface area contributed by atoms with Gasteiger partial charge in [-0.1, -0.05) is 12.2 Å². The van der Waals surface area contributed by atoms with Crippen LogP contribution >= 0.6 is 12.2 Å². The van der Waals surface area contributed by atoms with Gasteiger partial charge < -0.3 is 15.7 Å². The summed E-state index contributed by atoms with van der Waals surface area (Å²) in [5, 5.41) is 8.70. The third kappa shape index (κ3) is 2.69. The molecular formula is C8H16N2OS. The summed E-state index contributed by atoms with van der Waals surface area (Å²) >= 11 is 4.93. The highest BCUT2D eigenvalue weighted by molar-refractivity contribution is 7.80. The number of aliphatic hydroxyl groups is 1. The predicted octanol–water partition coefficient (Wildman–Crippen LogP) is -0.0232. The molecule has 0 aromatic heterocycles. The molecule has 1 aliphatic rings. The summed E-state index contributed by atoms with van der Waals surface area (Å²) in [6, 6.07) is 0. The number of nitrogens with two attached hydrogens (primary N) is 1. The van der Waals surface area contributed by atoms with E-state index in [4.69, 9.17) is 23.1 Å². The zero-order valence-electron chi connectivity index (χ0n) is 7.20. The van der Waals surface area contributed by atoms with Crippen LogP contribution in [0.5, 0.6) is 0 Å². The van der Waals surface area contributed by atoms with E-state index in [1.165, 1.54) is 0 Å². The third-order valence-electron chi connectivity index (χ3n) is 2.41. The van der Waals surface area contributed by atoms with Gasteiger partial charge in [-0.15, -0.1) is 0 Å². The summed E-state index contributed by atoms with van der Waals surface area (Å²) < 4.78 is 0. The summed E-state index contributed by atoms with van der Waals surface area (Å²) in [7, 11) is 0. The first kappa shape index (κ1) is 9.89. The van der Waals surface area contributed by atoms with E-state index in [1.54, 1.807) is 0 Å². The van der Waals surface area contributed by atoms with Crippen LogP contribution < -0.4 is 5.73 Å². The number of aliphatic hydroxyl groups excluding tert-OH is 1. The number of thiocarbonyl (C=S) groups is 1. The molecule has 0 aromatic carbocycles. The van der Waals surface area contributed by atoms with Crippen molar-refractivity contribution in [2.45, 2.75) is 12.8 Å². The van der Waals surface area contributed by atoms with E-state index in [9.17, 15) is 0 Å². The van der Waals surface area contributed by atoms with Gasteiger partial charge in [0, 0.05) is 12.5 Å². The topological polar surface area (TPSA) is 49.5 Å². The number of hydrogen-bond acceptors (Lipinski definition) is 3. The lowest BCUT2D eigenvalue weighted by molar-refractivity contribution is 0.163. The maximum absolute atomic E-state index is 8.70. The minimum Gasteiger partial charge on any atom is -0.395 e. The van der Waals surface area contributed by atoms with Gasteiger partial charge in [-0.2, -0.15) is 0 Å². The Hall–Kier alpha value is -0.190. The van der Waals surface area contributed by atoms with Crippen molar-refractivity contribution in [2.75, 3.05) is 26.2 Å². The average Bonchev–Trinajstić information content (AvgIpc) is 2.06. The van der Waals surface area contributed by atoms with E-state index >= 15 is 0 Å². The molecular weight excluding hydrogens is 172 g/mol. The van der Waals surface area contributed by atoms with Crippen molar-refractivity contribution in [3.63, 3.8) is 0 Å². The minimum atomic E-state index is 0.248. The van der Waals surface area contributed by atoms with Crippen LogP contribution in [0.3, 0.4) is 0 Å². The Morgan fingerprint density at radius 2 is 2.08 bits per heavy atom. The number of rotatable bonds is 3. The first-order valence-corrected chi connectivity index (χ1v) is 4.77. The van der Waals surface area contributed by atoms with Crippen molar-refractivity contribution in [1.82, 2.24) is 4.90 Å². The summed E-state index contributed by atoms with van der Waals surface area (Å²) in [5.74, 6) is 0.426. The Balaban J connectivity index is 2.25. The van der Waals surface area contributed by atoms with Gasteiger partial charge in [0.15, 0.2) is 0 Å². The monoisotopic (exact) mass is 188 g/mol. The number of hydrogen-bond donors (Lipinski definition) is 2. The number of nitrogens with zero attached hydrogens (tertiary/aromatic N) is 1. The van der Waals surface area contributed by atoms with Crippen molar-refractivity contribution in [3.8, 4) is 0 Å². The summed E-state index contributed by atoms with van der Waals surface area (Å²) in [6.07, 6.45) is 2.10. The van der Waals surface area contributed by atoms with Crippen molar-refractivity contribution in [3.05, 3.63) is 0 Å². The number of likely N-dealkylation sites (tertiary alicyclic amines) is 1. The molecule has 4 heteroatoms. The SMILES string of the molecule is NC(=S)C1CCN(CCO)CC1. The second-order valence-corrected chi connectivity index (χ2v) is 3.71. The highest BCUT2D eigenvalue weighted by Gasteiger charge is 2.19. The maximum atomic E-state index is 8.70. The molecule has 0 bridgehead atoms. The van der Waals surface area contributed by atoms with Crippen LogP contribution in [0.4, 0.5) is 0 Å².